The molecule has 0 fully saturated rings. The Morgan fingerprint density at radius 1 is 1.36 bits per heavy atom. The summed E-state index contributed by atoms with van der Waals surface area (Å²) in [4.78, 5) is 4.09. The van der Waals surface area contributed by atoms with E-state index in [1.54, 1.807) is 24.4 Å². The lowest BCUT2D eigenvalue weighted by molar-refractivity contribution is 1.57. The third-order valence-corrected chi connectivity index (χ3v) is 1.35. The Hall–Kier alpha value is -1.59. The minimum absolute atomic E-state index is 0.834. The molecule has 0 aromatic rings. The summed E-state index contributed by atoms with van der Waals surface area (Å²) in [5, 5.41) is 0. The van der Waals surface area contributed by atoms with Gasteiger partial charge in [0.05, 0.1) is 11.9 Å². The van der Waals surface area contributed by atoms with Crippen LogP contribution in [0.2, 0.25) is 0 Å². The van der Waals surface area contributed by atoms with E-state index in [1.807, 2.05) is 6.08 Å². The van der Waals surface area contributed by atoms with Crippen LogP contribution in [0.15, 0.2) is 60.0 Å². The molecule has 0 spiro atoms. The monoisotopic (exact) mass is 143 g/mol. The summed E-state index contributed by atoms with van der Waals surface area (Å²) in [7, 11) is 0. The van der Waals surface area contributed by atoms with E-state index in [-0.39, 0.29) is 0 Å². The van der Waals surface area contributed by atoms with Gasteiger partial charge in [0.2, 0.25) is 0 Å². The summed E-state index contributed by atoms with van der Waals surface area (Å²) >= 11 is 0. The first kappa shape index (κ1) is 7.52. The summed E-state index contributed by atoms with van der Waals surface area (Å²) in [6.45, 7) is 7.31. The van der Waals surface area contributed by atoms with Gasteiger partial charge in [0.15, 0.2) is 0 Å². The number of rotatable bonds is 2. The van der Waals surface area contributed by atoms with E-state index in [1.165, 1.54) is 0 Å². The van der Waals surface area contributed by atoms with Crippen molar-refractivity contribution in [3.05, 3.63) is 55.0 Å². The highest BCUT2D eigenvalue weighted by molar-refractivity contribution is 6.10. The molecule has 0 radical (unpaired) electrons. The van der Waals surface area contributed by atoms with Crippen LogP contribution < -0.4 is 0 Å². The molecule has 54 valence electrons. The van der Waals surface area contributed by atoms with Crippen LogP contribution in [0.1, 0.15) is 0 Å². The first-order valence-corrected chi connectivity index (χ1v) is 3.33. The van der Waals surface area contributed by atoms with E-state index in [9.17, 15) is 0 Å². The van der Waals surface area contributed by atoms with Crippen molar-refractivity contribution in [1.29, 1.82) is 0 Å². The molecule has 11 heavy (non-hydrogen) atoms. The van der Waals surface area contributed by atoms with Gasteiger partial charge in [0.1, 0.15) is 0 Å². The van der Waals surface area contributed by atoms with Gasteiger partial charge in [-0.2, -0.15) is 0 Å². The smallest absolute Gasteiger partial charge is 0.0703 e. The average molecular weight is 143 g/mol. The van der Waals surface area contributed by atoms with Crippen molar-refractivity contribution in [2.45, 2.75) is 0 Å². The van der Waals surface area contributed by atoms with Gasteiger partial charge in [0.25, 0.3) is 0 Å². The van der Waals surface area contributed by atoms with Gasteiger partial charge >= 0.3 is 0 Å². The van der Waals surface area contributed by atoms with Crippen LogP contribution in [0.25, 0.3) is 0 Å². The van der Waals surface area contributed by atoms with Crippen LogP contribution in [0, 0.1) is 0 Å². The van der Waals surface area contributed by atoms with Crippen LogP contribution in [-0.4, -0.2) is 5.71 Å². The van der Waals surface area contributed by atoms with Gasteiger partial charge in [-0.15, -0.1) is 5.73 Å². The molecule has 0 bridgehead atoms. The highest BCUT2D eigenvalue weighted by Crippen LogP contribution is 2.04. The van der Waals surface area contributed by atoms with Gasteiger partial charge in [-0.05, 0) is 18.2 Å². The second-order valence-electron chi connectivity index (χ2n) is 2.01. The highest BCUT2D eigenvalue weighted by Gasteiger charge is 1.96. The second kappa shape index (κ2) is 3.55. The molecular weight excluding hydrogens is 134 g/mol. The Kier molecular flexibility index (Phi) is 2.42. The average Bonchev–Trinajstić information content (AvgIpc) is 2.27. The molecule has 1 aliphatic heterocycles. The van der Waals surface area contributed by atoms with Crippen LogP contribution in [-0.2, 0) is 0 Å². The van der Waals surface area contributed by atoms with Crippen molar-refractivity contribution >= 4 is 5.71 Å². The lowest BCUT2D eigenvalue weighted by atomic mass is 10.1. The topological polar surface area (TPSA) is 12.4 Å². The molecule has 1 heteroatoms. The molecule has 0 N–H and O–H groups in total. The number of aliphatic imine (C=N–C) groups is 1. The summed E-state index contributed by atoms with van der Waals surface area (Å²) in [5.41, 5.74) is 4.67. The molecule has 0 saturated heterocycles. The van der Waals surface area contributed by atoms with Crippen LogP contribution in [0.5, 0.6) is 0 Å². The number of nitrogens with zero attached hydrogens (tertiary/aromatic N) is 1. The Morgan fingerprint density at radius 3 is 2.82 bits per heavy atom. The quantitative estimate of drug-likeness (QED) is 0.526. The normalized spacial score (nSPS) is 14.9. The van der Waals surface area contributed by atoms with Crippen molar-refractivity contribution in [3.8, 4) is 0 Å². The fraction of sp³-hybridized carbons (Fsp3) is 0. The first-order valence-electron chi connectivity index (χ1n) is 3.33. The van der Waals surface area contributed by atoms with E-state index in [4.69, 9.17) is 0 Å². The third-order valence-electron chi connectivity index (χ3n) is 1.35. The van der Waals surface area contributed by atoms with E-state index >= 15 is 0 Å². The SMILES string of the molecule is C=CC1=CC=C=CN=C1C=C. The van der Waals surface area contributed by atoms with Gasteiger partial charge in [-0.3, -0.25) is 0 Å². The first-order chi connectivity index (χ1) is 5.38. The molecule has 1 nitrogen and oxygen atoms in total. The Morgan fingerprint density at radius 2 is 2.18 bits per heavy atom. The maximum atomic E-state index is 4.09. The molecule has 0 aromatic carbocycles. The minimum Gasteiger partial charge on any atom is -0.248 e. The summed E-state index contributed by atoms with van der Waals surface area (Å²) < 4.78 is 0. The van der Waals surface area contributed by atoms with Gasteiger partial charge in [-0.25, -0.2) is 4.99 Å². The summed E-state index contributed by atoms with van der Waals surface area (Å²) in [6, 6.07) is 0. The minimum atomic E-state index is 0.834. The fourth-order valence-electron chi connectivity index (χ4n) is 0.791. The molecule has 0 unspecified atom stereocenters. The standard InChI is InChI=1S/C10H9N/c1-3-9-7-5-6-8-11-10(9)4-2/h3-5,7-8H,1-2H2. The third kappa shape index (κ3) is 1.66. The summed E-state index contributed by atoms with van der Waals surface area (Å²) in [5.74, 6) is 0. The van der Waals surface area contributed by atoms with Gasteiger partial charge < -0.3 is 0 Å². The van der Waals surface area contributed by atoms with Crippen LogP contribution >= 0.6 is 0 Å². The van der Waals surface area contributed by atoms with Gasteiger partial charge in [0, 0.05) is 5.57 Å². The lowest BCUT2D eigenvalue weighted by Gasteiger charge is -1.96. The Bertz CT molecular complexity index is 269. The van der Waals surface area contributed by atoms with E-state index < -0.39 is 0 Å². The predicted octanol–water partition coefficient (Wildman–Crippen LogP) is 2.41. The Labute approximate surface area is 66.5 Å². The van der Waals surface area contributed by atoms with Gasteiger partial charge in [-0.1, -0.05) is 19.2 Å². The molecule has 0 amide bonds. The zero-order chi connectivity index (χ0) is 8.10. The molecule has 1 aliphatic rings. The predicted molar refractivity (Wildman–Crippen MR) is 48.6 cm³/mol. The number of allylic oxidation sites excluding steroid dienone is 5. The number of hydrogen-bond acceptors (Lipinski definition) is 1. The molecule has 0 aliphatic carbocycles. The zero-order valence-electron chi connectivity index (χ0n) is 6.25. The lowest BCUT2D eigenvalue weighted by Crippen LogP contribution is -1.93. The molecule has 0 atom stereocenters. The van der Waals surface area contributed by atoms with Crippen molar-refractivity contribution in [3.63, 3.8) is 0 Å². The largest absolute Gasteiger partial charge is 0.248 e. The molecule has 0 saturated carbocycles. The summed E-state index contributed by atoms with van der Waals surface area (Å²) in [6.07, 6.45) is 8.76. The molecule has 1 heterocycles. The Balaban J connectivity index is 3.10. The fourth-order valence-corrected chi connectivity index (χ4v) is 0.791. The molecular formula is C10H9N. The van der Waals surface area contributed by atoms with Crippen LogP contribution in [0.3, 0.4) is 0 Å². The van der Waals surface area contributed by atoms with Crippen molar-refractivity contribution in [1.82, 2.24) is 0 Å². The van der Waals surface area contributed by atoms with E-state index in [0.29, 0.717) is 0 Å². The maximum Gasteiger partial charge on any atom is 0.0703 e. The van der Waals surface area contributed by atoms with E-state index in [2.05, 4.69) is 23.9 Å². The molecule has 0 aromatic heterocycles. The van der Waals surface area contributed by atoms with Crippen molar-refractivity contribution < 1.29 is 0 Å². The van der Waals surface area contributed by atoms with Crippen molar-refractivity contribution in [2.24, 2.45) is 4.99 Å². The van der Waals surface area contributed by atoms with Crippen molar-refractivity contribution in [2.75, 3.05) is 0 Å². The van der Waals surface area contributed by atoms with E-state index in [0.717, 1.165) is 11.3 Å². The number of hydrogen-bond donors (Lipinski definition) is 0. The van der Waals surface area contributed by atoms with Crippen LogP contribution in [0.4, 0.5) is 0 Å². The molecule has 1 rings (SSSR count). The second-order valence-corrected chi connectivity index (χ2v) is 2.01. The highest BCUT2D eigenvalue weighted by atomic mass is 14.7. The zero-order valence-corrected chi connectivity index (χ0v) is 6.25. The maximum absolute atomic E-state index is 4.09.